The van der Waals surface area contributed by atoms with Crippen LogP contribution in [0, 0.1) is 0 Å². The minimum absolute atomic E-state index is 0.242. The van der Waals surface area contributed by atoms with Gasteiger partial charge in [-0.2, -0.15) is 5.10 Å². The number of hydrogen-bond donors (Lipinski definition) is 2. The number of alkyl carbamates (subject to hydrolysis) is 1. The summed E-state index contributed by atoms with van der Waals surface area (Å²) in [6.45, 7) is 9.61. The van der Waals surface area contributed by atoms with Crippen LogP contribution in [-0.4, -0.2) is 62.9 Å². The lowest BCUT2D eigenvalue weighted by atomic mass is 9.99. The molecule has 42 heavy (non-hydrogen) atoms. The van der Waals surface area contributed by atoms with Crippen LogP contribution in [0.2, 0.25) is 0 Å². The number of nitrogens with zero attached hydrogens (tertiary/aromatic N) is 3. The number of nitrogens with one attached hydrogen (secondary N) is 2. The molecule has 2 atom stereocenters. The normalized spacial score (nSPS) is 15.3. The summed E-state index contributed by atoms with van der Waals surface area (Å²) in [5.41, 5.74) is 3.09. The van der Waals surface area contributed by atoms with Crippen LogP contribution >= 0.6 is 0 Å². The van der Waals surface area contributed by atoms with E-state index in [2.05, 4.69) is 22.8 Å². The zero-order valence-corrected chi connectivity index (χ0v) is 25.2. The lowest BCUT2D eigenvalue weighted by molar-refractivity contribution is -0.139. The average molecular weight is 576 g/mol. The fraction of sp³-hybridized carbons (Fsp3) is 0.438. The fourth-order valence-corrected chi connectivity index (χ4v) is 5.03. The molecule has 0 saturated carbocycles. The first kappa shape index (κ1) is 30.9. The first-order chi connectivity index (χ1) is 19.9. The van der Waals surface area contributed by atoms with Gasteiger partial charge in [-0.1, -0.05) is 60.7 Å². The third kappa shape index (κ3) is 7.63. The van der Waals surface area contributed by atoms with Crippen molar-refractivity contribution >= 4 is 18.3 Å². The highest BCUT2D eigenvalue weighted by Crippen LogP contribution is 2.31. The molecule has 2 heterocycles. The summed E-state index contributed by atoms with van der Waals surface area (Å²) in [4.78, 5) is 40.3. The van der Waals surface area contributed by atoms with Crippen molar-refractivity contribution in [1.29, 1.82) is 0 Å². The zero-order chi connectivity index (χ0) is 30.5. The van der Waals surface area contributed by atoms with E-state index in [1.165, 1.54) is 0 Å². The summed E-state index contributed by atoms with van der Waals surface area (Å²) < 4.78 is 13.6. The molecule has 1 unspecified atom stereocenters. The smallest absolute Gasteiger partial charge is 0.408 e. The van der Waals surface area contributed by atoms with Gasteiger partial charge in [0.1, 0.15) is 29.7 Å². The number of aldehydes is 1. The van der Waals surface area contributed by atoms with Crippen molar-refractivity contribution < 1.29 is 23.9 Å². The Morgan fingerprint density at radius 3 is 2.29 bits per heavy atom. The molecule has 1 aromatic heterocycles. The predicted molar refractivity (Wildman–Crippen MR) is 159 cm³/mol. The molecule has 4 rings (SSSR count). The predicted octanol–water partition coefficient (Wildman–Crippen LogP) is 3.98. The van der Waals surface area contributed by atoms with Crippen molar-refractivity contribution in [3.05, 3.63) is 77.5 Å². The molecular weight excluding hydrogens is 534 g/mol. The van der Waals surface area contributed by atoms with Gasteiger partial charge in [0.2, 0.25) is 5.91 Å². The number of benzene rings is 2. The number of fused-ring (bicyclic) bond motifs is 1. The van der Waals surface area contributed by atoms with E-state index in [0.29, 0.717) is 25.8 Å². The summed E-state index contributed by atoms with van der Waals surface area (Å²) in [5.74, 6) is -0.541. The number of aryl methyl sites for hydroxylation is 1. The Balaban J connectivity index is 1.56. The van der Waals surface area contributed by atoms with Gasteiger partial charge in [-0.25, -0.2) is 4.79 Å². The van der Waals surface area contributed by atoms with Gasteiger partial charge >= 0.3 is 6.09 Å². The molecule has 2 aromatic carbocycles. The second-order valence-electron chi connectivity index (χ2n) is 12.1. The monoisotopic (exact) mass is 575 g/mol. The van der Waals surface area contributed by atoms with Crippen molar-refractivity contribution in [3.63, 3.8) is 0 Å². The highest BCUT2D eigenvalue weighted by molar-refractivity contribution is 5.90. The van der Waals surface area contributed by atoms with E-state index in [-0.39, 0.29) is 6.61 Å². The maximum absolute atomic E-state index is 13.4. The molecule has 2 N–H and O–H groups in total. The van der Waals surface area contributed by atoms with Crippen LogP contribution in [0.1, 0.15) is 51.4 Å². The Hall–Kier alpha value is -4.02. The van der Waals surface area contributed by atoms with Crippen LogP contribution in [0.4, 0.5) is 4.79 Å². The summed E-state index contributed by atoms with van der Waals surface area (Å²) in [5, 5.41) is 10.2. The summed E-state index contributed by atoms with van der Waals surface area (Å²) in [6.07, 6.45) is -0.126. The Morgan fingerprint density at radius 2 is 1.67 bits per heavy atom. The highest BCUT2D eigenvalue weighted by atomic mass is 16.6. The molecule has 3 aromatic rings. The first-order valence-electron chi connectivity index (χ1n) is 14.1. The van der Waals surface area contributed by atoms with Gasteiger partial charge < -0.3 is 24.9 Å². The topological polar surface area (TPSA) is 115 Å². The van der Waals surface area contributed by atoms with Crippen molar-refractivity contribution in [1.82, 2.24) is 25.3 Å². The van der Waals surface area contributed by atoms with Crippen LogP contribution in [0.3, 0.4) is 0 Å². The summed E-state index contributed by atoms with van der Waals surface area (Å²) >= 11 is 0. The third-order valence-electron chi connectivity index (χ3n) is 7.03. The van der Waals surface area contributed by atoms with E-state index < -0.39 is 35.4 Å². The molecule has 1 aliphatic rings. The fourth-order valence-electron chi connectivity index (χ4n) is 5.03. The molecule has 2 amide bonds. The van der Waals surface area contributed by atoms with Gasteiger partial charge in [0, 0.05) is 31.3 Å². The van der Waals surface area contributed by atoms with Crippen LogP contribution in [-0.2, 0) is 45.7 Å². The molecule has 224 valence electrons. The Morgan fingerprint density at radius 1 is 1.02 bits per heavy atom. The Labute approximate surface area is 247 Å². The summed E-state index contributed by atoms with van der Waals surface area (Å²) in [7, 11) is 1.93. The molecule has 0 bridgehead atoms. The lowest BCUT2D eigenvalue weighted by Gasteiger charge is -2.38. The number of carbonyl (C=O) groups excluding carboxylic acids is 3. The number of amides is 2. The van der Waals surface area contributed by atoms with E-state index in [1.54, 1.807) is 34.6 Å². The Kier molecular flexibility index (Phi) is 9.48. The van der Waals surface area contributed by atoms with Gasteiger partial charge in [-0.3, -0.25) is 14.4 Å². The molecule has 0 aliphatic carbocycles. The SMILES string of the molecule is Cn1nc2c(c1-c1ccccc1)CCN(C(OCc1ccccc1)[C@H](C=O)NC(=O)C(C)(C)NC(=O)OC(C)(C)C)C2. The van der Waals surface area contributed by atoms with Crippen LogP contribution in [0.15, 0.2) is 60.7 Å². The maximum atomic E-state index is 13.4. The van der Waals surface area contributed by atoms with E-state index in [1.807, 2.05) is 65.2 Å². The van der Waals surface area contributed by atoms with E-state index in [0.717, 1.165) is 28.1 Å². The number of aromatic nitrogens is 2. The number of rotatable bonds is 10. The molecule has 0 saturated heterocycles. The second kappa shape index (κ2) is 12.9. The van der Waals surface area contributed by atoms with Gasteiger partial charge in [-0.15, -0.1) is 0 Å². The molecule has 1 aliphatic heterocycles. The average Bonchev–Trinajstić information content (AvgIpc) is 3.26. The second-order valence-corrected chi connectivity index (χ2v) is 12.1. The van der Waals surface area contributed by atoms with Gasteiger partial charge in [0.15, 0.2) is 0 Å². The van der Waals surface area contributed by atoms with Crippen LogP contribution in [0.5, 0.6) is 0 Å². The van der Waals surface area contributed by atoms with Gasteiger partial charge in [-0.05, 0) is 46.6 Å². The quantitative estimate of drug-likeness (QED) is 0.352. The number of hydrogen-bond acceptors (Lipinski definition) is 7. The number of carbonyl (C=O) groups is 3. The largest absolute Gasteiger partial charge is 0.444 e. The lowest BCUT2D eigenvalue weighted by Crippen LogP contribution is -2.61. The standard InChI is InChI=1S/C32H41N5O5/c1-31(2,3)42-30(40)34-32(4,5)29(39)33-26(20-38)28(41-21-22-13-9-7-10-14-22)37-18-17-24-25(19-37)35-36(6)27(24)23-15-11-8-12-16-23/h7-16,20,26,28H,17-19,21H2,1-6H3,(H,33,39)(H,34,40)/t26-,28?/m0/s1. The zero-order valence-electron chi connectivity index (χ0n) is 25.2. The molecule has 10 nitrogen and oxygen atoms in total. The van der Waals surface area contributed by atoms with Gasteiger partial charge in [0.05, 0.1) is 18.0 Å². The molecule has 10 heteroatoms. The molecule has 0 radical (unpaired) electrons. The van der Waals surface area contributed by atoms with E-state index >= 15 is 0 Å². The maximum Gasteiger partial charge on any atom is 0.408 e. The first-order valence-corrected chi connectivity index (χ1v) is 14.1. The van der Waals surface area contributed by atoms with Crippen molar-refractivity contribution in [2.45, 2.75) is 77.6 Å². The summed E-state index contributed by atoms with van der Waals surface area (Å²) in [6, 6.07) is 18.8. The van der Waals surface area contributed by atoms with E-state index in [9.17, 15) is 14.4 Å². The Bertz CT molecular complexity index is 1380. The molecular formula is C32H41N5O5. The minimum atomic E-state index is -1.35. The number of ether oxygens (including phenoxy) is 2. The highest BCUT2D eigenvalue weighted by Gasteiger charge is 2.38. The van der Waals surface area contributed by atoms with E-state index in [4.69, 9.17) is 14.6 Å². The minimum Gasteiger partial charge on any atom is -0.444 e. The molecule has 0 spiro atoms. The van der Waals surface area contributed by atoms with Crippen molar-refractivity contribution in [3.8, 4) is 11.3 Å². The third-order valence-corrected chi connectivity index (χ3v) is 7.03. The van der Waals surface area contributed by atoms with Crippen molar-refractivity contribution in [2.75, 3.05) is 6.54 Å². The molecule has 0 fully saturated rings. The van der Waals surface area contributed by atoms with Crippen molar-refractivity contribution in [2.24, 2.45) is 7.05 Å². The van der Waals surface area contributed by atoms with Crippen LogP contribution < -0.4 is 10.6 Å². The van der Waals surface area contributed by atoms with Crippen LogP contribution in [0.25, 0.3) is 11.3 Å². The van der Waals surface area contributed by atoms with Gasteiger partial charge in [0.25, 0.3) is 0 Å².